The fraction of sp³-hybridized carbons (Fsp3) is 0.800. The zero-order valence-corrected chi connectivity index (χ0v) is 4.87. The summed E-state index contributed by atoms with van der Waals surface area (Å²) in [7, 11) is 0. The van der Waals surface area contributed by atoms with E-state index in [1.165, 1.54) is 24.6 Å². The molecule has 0 saturated heterocycles. The van der Waals surface area contributed by atoms with Gasteiger partial charge in [0.15, 0.2) is 0 Å². The molecule has 0 aromatic heterocycles. The predicted molar refractivity (Wildman–Crippen MR) is 30.8 cm³/mol. The van der Waals surface area contributed by atoms with Gasteiger partial charge in [-0.15, -0.1) is 0 Å². The number of thioether (sulfide) groups is 1. The third kappa shape index (κ3) is 1.84. The first-order chi connectivity index (χ1) is 3.43. The molecule has 0 aromatic rings. The molecule has 0 atom stereocenters. The lowest BCUT2D eigenvalue weighted by molar-refractivity contribution is 1.00. The third-order valence-corrected chi connectivity index (χ3v) is 1.85. The van der Waals surface area contributed by atoms with Crippen molar-refractivity contribution in [2.24, 2.45) is 5.92 Å². The molecular formula is C5H7NS. The zero-order valence-electron chi connectivity index (χ0n) is 4.05. The van der Waals surface area contributed by atoms with Gasteiger partial charge in [0.1, 0.15) is 5.40 Å². The average Bonchev–Trinajstić information content (AvgIpc) is 2.42. The lowest BCUT2D eigenvalue weighted by atomic mass is 10.5. The van der Waals surface area contributed by atoms with Crippen molar-refractivity contribution in [2.45, 2.75) is 12.8 Å². The maximum atomic E-state index is 8.06. The molecule has 1 saturated carbocycles. The minimum atomic E-state index is 0.893. The van der Waals surface area contributed by atoms with Gasteiger partial charge in [-0.2, -0.15) is 5.26 Å². The Morgan fingerprint density at radius 2 is 2.43 bits per heavy atom. The molecule has 1 rings (SSSR count). The number of thiocyanates is 1. The first-order valence-electron chi connectivity index (χ1n) is 2.44. The second-order valence-electron chi connectivity index (χ2n) is 1.85. The van der Waals surface area contributed by atoms with Crippen LogP contribution in [0.25, 0.3) is 0 Å². The largest absolute Gasteiger partial charge is 0.185 e. The van der Waals surface area contributed by atoms with Crippen molar-refractivity contribution in [3.63, 3.8) is 0 Å². The maximum absolute atomic E-state index is 8.06. The van der Waals surface area contributed by atoms with E-state index in [1.54, 1.807) is 0 Å². The molecule has 0 heterocycles. The van der Waals surface area contributed by atoms with E-state index >= 15 is 0 Å². The Bertz CT molecular complexity index is 90.7. The summed E-state index contributed by atoms with van der Waals surface area (Å²) in [5, 5.41) is 10.1. The monoisotopic (exact) mass is 113 g/mol. The number of nitriles is 1. The van der Waals surface area contributed by atoms with Gasteiger partial charge < -0.3 is 0 Å². The van der Waals surface area contributed by atoms with Crippen LogP contribution >= 0.6 is 11.8 Å². The summed E-state index contributed by atoms with van der Waals surface area (Å²) in [6.45, 7) is 0. The summed E-state index contributed by atoms with van der Waals surface area (Å²) in [4.78, 5) is 0. The summed E-state index contributed by atoms with van der Waals surface area (Å²) in [5.74, 6) is 1.96. The topological polar surface area (TPSA) is 23.8 Å². The third-order valence-electron chi connectivity index (χ3n) is 1.08. The van der Waals surface area contributed by atoms with E-state index < -0.39 is 0 Å². The van der Waals surface area contributed by atoms with Crippen LogP contribution in [0.2, 0.25) is 0 Å². The van der Waals surface area contributed by atoms with Crippen molar-refractivity contribution in [3.8, 4) is 5.40 Å². The highest BCUT2D eigenvalue weighted by atomic mass is 32.2. The Labute approximate surface area is 47.7 Å². The molecule has 1 fully saturated rings. The SMILES string of the molecule is N#CSCC1CC1. The van der Waals surface area contributed by atoms with Gasteiger partial charge in [0.2, 0.25) is 0 Å². The summed E-state index contributed by atoms with van der Waals surface area (Å²) in [6.07, 6.45) is 2.71. The molecule has 2 heteroatoms. The van der Waals surface area contributed by atoms with E-state index in [2.05, 4.69) is 5.40 Å². The van der Waals surface area contributed by atoms with Crippen LogP contribution in [0.15, 0.2) is 0 Å². The fourth-order valence-electron chi connectivity index (χ4n) is 0.440. The summed E-state index contributed by atoms with van der Waals surface area (Å²) >= 11 is 1.38. The van der Waals surface area contributed by atoms with Crippen molar-refractivity contribution in [1.29, 1.82) is 5.26 Å². The number of rotatable bonds is 2. The van der Waals surface area contributed by atoms with Crippen LogP contribution in [0, 0.1) is 16.6 Å². The molecule has 0 aliphatic heterocycles. The molecule has 1 aliphatic rings. The van der Waals surface area contributed by atoms with Gasteiger partial charge in [-0.1, -0.05) is 0 Å². The molecule has 0 bridgehead atoms. The highest BCUT2D eigenvalue weighted by Gasteiger charge is 2.20. The quantitative estimate of drug-likeness (QED) is 0.508. The Hall–Kier alpha value is -0.160. The van der Waals surface area contributed by atoms with Crippen LogP contribution in [-0.4, -0.2) is 5.75 Å². The molecule has 0 amide bonds. The van der Waals surface area contributed by atoms with E-state index in [4.69, 9.17) is 5.26 Å². The second kappa shape index (κ2) is 2.23. The molecule has 0 unspecified atom stereocenters. The highest BCUT2D eigenvalue weighted by Crippen LogP contribution is 2.31. The predicted octanol–water partition coefficient (Wildman–Crippen LogP) is 1.61. The van der Waals surface area contributed by atoms with Gasteiger partial charge >= 0.3 is 0 Å². The fourth-order valence-corrected chi connectivity index (χ4v) is 1.08. The van der Waals surface area contributed by atoms with E-state index in [1.807, 2.05) is 0 Å². The van der Waals surface area contributed by atoms with Crippen molar-refractivity contribution in [1.82, 2.24) is 0 Å². The Morgan fingerprint density at radius 1 is 1.71 bits per heavy atom. The summed E-state index contributed by atoms with van der Waals surface area (Å²) < 4.78 is 0. The van der Waals surface area contributed by atoms with Crippen molar-refractivity contribution in [3.05, 3.63) is 0 Å². The molecule has 1 aliphatic carbocycles. The van der Waals surface area contributed by atoms with Crippen LogP contribution in [0.4, 0.5) is 0 Å². The molecular weight excluding hydrogens is 106 g/mol. The van der Waals surface area contributed by atoms with Crippen LogP contribution in [0.1, 0.15) is 12.8 Å². The Balaban J connectivity index is 1.91. The van der Waals surface area contributed by atoms with Gasteiger partial charge in [-0.25, -0.2) is 0 Å². The smallest absolute Gasteiger partial charge is 0.133 e. The van der Waals surface area contributed by atoms with Crippen LogP contribution in [-0.2, 0) is 0 Å². The van der Waals surface area contributed by atoms with Crippen LogP contribution in [0.5, 0.6) is 0 Å². The van der Waals surface area contributed by atoms with Gasteiger partial charge in [0.05, 0.1) is 0 Å². The minimum Gasteiger partial charge on any atom is -0.185 e. The van der Waals surface area contributed by atoms with Crippen molar-refractivity contribution < 1.29 is 0 Å². The van der Waals surface area contributed by atoms with Crippen molar-refractivity contribution in [2.75, 3.05) is 5.75 Å². The van der Waals surface area contributed by atoms with E-state index in [0.717, 1.165) is 11.7 Å². The standard InChI is InChI=1S/C5H7NS/c6-4-7-3-5-1-2-5/h5H,1-3H2. The molecule has 1 nitrogen and oxygen atoms in total. The maximum Gasteiger partial charge on any atom is 0.133 e. The van der Waals surface area contributed by atoms with Crippen molar-refractivity contribution >= 4 is 11.8 Å². The van der Waals surface area contributed by atoms with Crippen LogP contribution in [0.3, 0.4) is 0 Å². The molecule has 38 valence electrons. The zero-order chi connectivity index (χ0) is 5.11. The molecule has 0 radical (unpaired) electrons. The average molecular weight is 113 g/mol. The normalized spacial score (nSPS) is 18.7. The molecule has 0 aromatic carbocycles. The van der Waals surface area contributed by atoms with Crippen LogP contribution < -0.4 is 0 Å². The lowest BCUT2D eigenvalue weighted by Gasteiger charge is -1.80. The first kappa shape index (κ1) is 4.99. The molecule has 7 heavy (non-hydrogen) atoms. The number of hydrogen-bond acceptors (Lipinski definition) is 2. The van der Waals surface area contributed by atoms with E-state index in [0.29, 0.717) is 0 Å². The Morgan fingerprint density at radius 3 is 2.86 bits per heavy atom. The Kier molecular flexibility index (Phi) is 1.59. The molecule has 0 N–H and O–H groups in total. The lowest BCUT2D eigenvalue weighted by Crippen LogP contribution is -1.74. The van der Waals surface area contributed by atoms with Gasteiger partial charge in [-0.05, 0) is 30.5 Å². The second-order valence-corrected chi connectivity index (χ2v) is 2.65. The van der Waals surface area contributed by atoms with E-state index in [-0.39, 0.29) is 0 Å². The molecule has 0 spiro atoms. The number of hydrogen-bond donors (Lipinski definition) is 0. The first-order valence-corrected chi connectivity index (χ1v) is 3.43. The minimum absolute atomic E-state index is 0.893. The van der Waals surface area contributed by atoms with Gasteiger partial charge in [0, 0.05) is 5.75 Å². The summed E-state index contributed by atoms with van der Waals surface area (Å²) in [6, 6.07) is 0. The van der Waals surface area contributed by atoms with Gasteiger partial charge in [0.25, 0.3) is 0 Å². The highest BCUT2D eigenvalue weighted by molar-refractivity contribution is 8.03. The number of nitrogens with zero attached hydrogens (tertiary/aromatic N) is 1. The van der Waals surface area contributed by atoms with Gasteiger partial charge in [-0.3, -0.25) is 0 Å². The summed E-state index contributed by atoms with van der Waals surface area (Å²) in [5.41, 5.74) is 0. The van der Waals surface area contributed by atoms with E-state index in [9.17, 15) is 0 Å².